The molecule has 0 radical (unpaired) electrons. The molecule has 4 aromatic rings. The van der Waals surface area contributed by atoms with Gasteiger partial charge in [0, 0.05) is 41.6 Å². The average Bonchev–Trinajstić information content (AvgIpc) is 3.32. The summed E-state index contributed by atoms with van der Waals surface area (Å²) in [5, 5.41) is 15.5. The summed E-state index contributed by atoms with van der Waals surface area (Å²) < 4.78 is 1.95. The number of nitrogens with zero attached hydrogens (tertiary/aromatic N) is 5. The summed E-state index contributed by atoms with van der Waals surface area (Å²) in [6.45, 7) is 7.72. The molecule has 0 aliphatic heterocycles. The normalized spacial score (nSPS) is 11.5. The number of imidazole rings is 1. The van der Waals surface area contributed by atoms with E-state index in [1.54, 1.807) is 12.4 Å². The van der Waals surface area contributed by atoms with Gasteiger partial charge < -0.3 is 14.8 Å². The fourth-order valence-electron chi connectivity index (χ4n) is 4.08. The van der Waals surface area contributed by atoms with E-state index >= 15 is 0 Å². The highest BCUT2D eigenvalue weighted by Gasteiger charge is 2.12. The number of benzene rings is 2. The fourth-order valence-corrected chi connectivity index (χ4v) is 5.18. The monoisotopic (exact) mass is 530 g/mol. The van der Waals surface area contributed by atoms with Crippen molar-refractivity contribution in [3.05, 3.63) is 77.2 Å². The van der Waals surface area contributed by atoms with Crippen LogP contribution in [-0.4, -0.2) is 39.1 Å². The van der Waals surface area contributed by atoms with Crippen LogP contribution in [0.25, 0.3) is 17.0 Å². The van der Waals surface area contributed by atoms with Gasteiger partial charge in [-0.15, -0.1) is 0 Å². The van der Waals surface area contributed by atoms with Gasteiger partial charge in [-0.25, -0.2) is 4.98 Å². The second-order valence-electron chi connectivity index (χ2n) is 8.70. The Bertz CT molecular complexity index is 1430. The molecule has 190 valence electrons. The summed E-state index contributed by atoms with van der Waals surface area (Å²) in [4.78, 5) is 12.2. The topological polar surface area (TPSA) is 69.8 Å². The van der Waals surface area contributed by atoms with Crippen molar-refractivity contribution in [2.75, 3.05) is 25.0 Å². The van der Waals surface area contributed by atoms with Crippen LogP contribution in [0.2, 0.25) is 5.02 Å². The van der Waals surface area contributed by atoms with Crippen LogP contribution in [0.1, 0.15) is 37.8 Å². The summed E-state index contributed by atoms with van der Waals surface area (Å²) in [5.74, 6) is 0. The van der Waals surface area contributed by atoms with Gasteiger partial charge in [-0.3, -0.25) is 4.98 Å². The lowest BCUT2D eigenvalue weighted by Gasteiger charge is -2.16. The molecule has 1 N–H and O–H groups in total. The number of aryl methyl sites for hydroxylation is 1. The summed E-state index contributed by atoms with van der Waals surface area (Å²) in [6.07, 6.45) is 11.8. The van der Waals surface area contributed by atoms with Crippen LogP contribution in [0.3, 0.4) is 0 Å². The van der Waals surface area contributed by atoms with Gasteiger partial charge in [0.2, 0.25) is 0 Å². The Morgan fingerprint density at radius 1 is 1.16 bits per heavy atom. The Labute approximate surface area is 228 Å². The van der Waals surface area contributed by atoms with Crippen molar-refractivity contribution < 1.29 is 0 Å². The molecular formula is C29H31ClN6S. The quantitative estimate of drug-likeness (QED) is 0.202. The number of fused-ring (bicyclic) bond motifs is 1. The number of pyridine rings is 1. The third-order valence-electron chi connectivity index (χ3n) is 6.24. The van der Waals surface area contributed by atoms with Crippen LogP contribution in [0.5, 0.6) is 0 Å². The van der Waals surface area contributed by atoms with E-state index in [0.717, 1.165) is 70.4 Å². The van der Waals surface area contributed by atoms with Crippen LogP contribution >= 0.6 is 23.4 Å². The molecule has 0 amide bonds. The molecule has 0 unspecified atom stereocenters. The second kappa shape index (κ2) is 12.8. The molecule has 0 aliphatic rings. The average molecular weight is 531 g/mol. The molecular weight excluding hydrogens is 500 g/mol. The van der Waals surface area contributed by atoms with Crippen LogP contribution < -0.4 is 5.32 Å². The maximum absolute atomic E-state index is 9.74. The lowest BCUT2D eigenvalue weighted by molar-refractivity contribution is 0.301. The molecule has 8 heteroatoms. The lowest BCUT2D eigenvalue weighted by Crippen LogP contribution is -2.23. The number of unbranched alkanes of at least 4 members (excludes halogenated alkanes) is 1. The Morgan fingerprint density at radius 2 is 2.00 bits per heavy atom. The minimum absolute atomic E-state index is 0.481. The summed E-state index contributed by atoms with van der Waals surface area (Å²) >= 11 is 8.10. The molecule has 2 aromatic carbocycles. The van der Waals surface area contributed by atoms with Crippen molar-refractivity contribution in [3.63, 3.8) is 0 Å². The van der Waals surface area contributed by atoms with Gasteiger partial charge >= 0.3 is 0 Å². The lowest BCUT2D eigenvalue weighted by atomic mass is 10.1. The highest BCUT2D eigenvalue weighted by atomic mass is 35.5. The number of hydrogen-bond acceptors (Lipinski definition) is 6. The summed E-state index contributed by atoms with van der Waals surface area (Å²) in [5.41, 5.74) is 3.94. The highest BCUT2D eigenvalue weighted by Crippen LogP contribution is 2.36. The third-order valence-corrected chi connectivity index (χ3v) is 7.82. The molecule has 6 nitrogen and oxygen atoms in total. The number of allylic oxidation sites excluding steroid dienone is 1. The van der Waals surface area contributed by atoms with Gasteiger partial charge in [0.05, 0.1) is 21.8 Å². The SMILES string of the molecule is CCN(CC)CCC/C=C/c1ccc2c(Nc3ccc(Sc4nccn4C)c(Cl)c3)c(C#N)cnc2c1. The van der Waals surface area contributed by atoms with E-state index in [0.29, 0.717) is 10.6 Å². The van der Waals surface area contributed by atoms with E-state index in [1.165, 1.54) is 11.8 Å². The molecule has 0 spiro atoms. The zero-order chi connectivity index (χ0) is 26.2. The van der Waals surface area contributed by atoms with Crippen molar-refractivity contribution in [1.29, 1.82) is 5.26 Å². The van der Waals surface area contributed by atoms with Crippen molar-refractivity contribution in [2.45, 2.75) is 36.7 Å². The first-order valence-corrected chi connectivity index (χ1v) is 13.6. The zero-order valence-corrected chi connectivity index (χ0v) is 23.0. The molecule has 0 atom stereocenters. The Balaban J connectivity index is 1.51. The first-order chi connectivity index (χ1) is 18.0. The predicted molar refractivity (Wildman–Crippen MR) is 155 cm³/mol. The molecule has 0 aliphatic carbocycles. The smallest absolute Gasteiger partial charge is 0.172 e. The Morgan fingerprint density at radius 3 is 2.70 bits per heavy atom. The molecule has 4 rings (SSSR count). The molecule has 0 saturated heterocycles. The van der Waals surface area contributed by atoms with Gasteiger partial charge in [-0.2, -0.15) is 5.26 Å². The Hall–Kier alpha value is -3.31. The minimum Gasteiger partial charge on any atom is -0.354 e. The number of aromatic nitrogens is 3. The second-order valence-corrected chi connectivity index (χ2v) is 10.1. The van der Waals surface area contributed by atoms with Gasteiger partial charge in [-0.1, -0.05) is 61.5 Å². The van der Waals surface area contributed by atoms with Crippen molar-refractivity contribution in [3.8, 4) is 6.07 Å². The number of nitrogens with one attached hydrogen (secondary N) is 1. The molecule has 2 heterocycles. The number of nitriles is 1. The van der Waals surface area contributed by atoms with E-state index in [1.807, 2.05) is 42.1 Å². The maximum Gasteiger partial charge on any atom is 0.172 e. The molecule has 37 heavy (non-hydrogen) atoms. The fraction of sp³-hybridized carbons (Fsp3) is 0.276. The van der Waals surface area contributed by atoms with Gasteiger partial charge in [0.1, 0.15) is 6.07 Å². The highest BCUT2D eigenvalue weighted by molar-refractivity contribution is 7.99. The maximum atomic E-state index is 9.74. The number of halogens is 1. The number of rotatable bonds is 11. The van der Waals surface area contributed by atoms with Crippen molar-refractivity contribution in [1.82, 2.24) is 19.4 Å². The molecule has 0 saturated carbocycles. The zero-order valence-electron chi connectivity index (χ0n) is 21.4. The van der Waals surface area contributed by atoms with Crippen molar-refractivity contribution in [2.24, 2.45) is 7.05 Å². The van der Waals surface area contributed by atoms with Crippen LogP contribution in [-0.2, 0) is 7.05 Å². The minimum atomic E-state index is 0.481. The predicted octanol–water partition coefficient (Wildman–Crippen LogP) is 7.52. The van der Waals surface area contributed by atoms with Gasteiger partial charge in [0.15, 0.2) is 5.16 Å². The largest absolute Gasteiger partial charge is 0.354 e. The summed E-state index contributed by atoms with van der Waals surface area (Å²) in [6, 6.07) is 14.2. The van der Waals surface area contributed by atoms with Gasteiger partial charge in [-0.05, 0) is 62.3 Å². The molecule has 2 aromatic heterocycles. The van der Waals surface area contributed by atoms with E-state index < -0.39 is 0 Å². The van der Waals surface area contributed by atoms with E-state index in [9.17, 15) is 5.26 Å². The first-order valence-electron chi connectivity index (χ1n) is 12.5. The van der Waals surface area contributed by atoms with Gasteiger partial charge in [0.25, 0.3) is 0 Å². The third kappa shape index (κ3) is 6.72. The molecule has 0 fully saturated rings. The van der Waals surface area contributed by atoms with Crippen molar-refractivity contribution >= 4 is 51.7 Å². The van der Waals surface area contributed by atoms with Crippen LogP contribution in [0, 0.1) is 11.3 Å². The van der Waals surface area contributed by atoms with E-state index in [2.05, 4.69) is 64.4 Å². The van der Waals surface area contributed by atoms with Crippen LogP contribution in [0.15, 0.2) is 71.1 Å². The van der Waals surface area contributed by atoms with Crippen LogP contribution in [0.4, 0.5) is 11.4 Å². The van der Waals surface area contributed by atoms with E-state index in [-0.39, 0.29) is 0 Å². The van der Waals surface area contributed by atoms with E-state index in [4.69, 9.17) is 11.6 Å². The number of hydrogen-bond donors (Lipinski definition) is 1. The molecule has 0 bridgehead atoms. The Kier molecular flexibility index (Phi) is 9.24. The summed E-state index contributed by atoms with van der Waals surface area (Å²) in [7, 11) is 1.95. The standard InChI is InChI=1S/C29H31ClN6S/c1-4-36(5-2)15-8-6-7-9-21-10-12-24-26(17-21)33-20-22(19-31)28(24)34-23-11-13-27(25(30)18-23)37-29-32-14-16-35(29)3/h7,9-14,16-18,20H,4-6,8,15H2,1-3H3,(H,33,34)/b9-7+. The first kappa shape index (κ1) is 26.7. The number of anilines is 2.